The third kappa shape index (κ3) is 3.57. The predicted molar refractivity (Wildman–Crippen MR) is 117 cm³/mol. The first-order valence-electron chi connectivity index (χ1n) is 9.75. The highest BCUT2D eigenvalue weighted by Gasteiger charge is 2.33. The molecule has 1 aliphatic rings. The van der Waals surface area contributed by atoms with Crippen LogP contribution in [0, 0.1) is 11.6 Å². The van der Waals surface area contributed by atoms with Gasteiger partial charge >= 0.3 is 0 Å². The Morgan fingerprint density at radius 3 is 2.72 bits per heavy atom. The monoisotopic (exact) mass is 471 g/mol. The van der Waals surface area contributed by atoms with Crippen molar-refractivity contribution < 1.29 is 13.6 Å². The van der Waals surface area contributed by atoms with E-state index in [-0.39, 0.29) is 27.4 Å². The summed E-state index contributed by atoms with van der Waals surface area (Å²) in [6.45, 7) is 0.796. The van der Waals surface area contributed by atoms with Gasteiger partial charge in [0.2, 0.25) is 5.01 Å². The normalized spacial score (nSPS) is 15.6. The molecule has 5 rings (SSSR count). The average molecular weight is 472 g/mol. The molecule has 0 bridgehead atoms. The lowest BCUT2D eigenvalue weighted by molar-refractivity contribution is 0.0723. The Kier molecular flexibility index (Phi) is 5.22. The molecule has 1 aliphatic heterocycles. The number of carbonyl (C=O) groups is 1. The van der Waals surface area contributed by atoms with Gasteiger partial charge in [0, 0.05) is 43.2 Å². The number of hydrogen-bond acceptors (Lipinski definition) is 5. The standard InChI is InChI=1S/C22H16ClF2N5OS/c1-29-19(23)16(9-26-29)17-11-30(10-12-4-2-3-5-14(12)17)22(31)21-28-27-20(32-21)15-7-6-13(24)8-18(15)25/h2-9,17H,10-11H2,1H3. The van der Waals surface area contributed by atoms with Gasteiger partial charge in [-0.2, -0.15) is 5.10 Å². The summed E-state index contributed by atoms with van der Waals surface area (Å²) in [6.07, 6.45) is 1.72. The lowest BCUT2D eigenvalue weighted by Gasteiger charge is -2.34. The number of nitrogens with zero attached hydrogens (tertiary/aromatic N) is 5. The number of halogens is 3. The van der Waals surface area contributed by atoms with Crippen LogP contribution in [0.5, 0.6) is 0 Å². The fraction of sp³-hybridized carbons (Fsp3) is 0.182. The summed E-state index contributed by atoms with van der Waals surface area (Å²) in [6, 6.07) is 11.1. The zero-order valence-electron chi connectivity index (χ0n) is 16.8. The molecule has 6 nitrogen and oxygen atoms in total. The summed E-state index contributed by atoms with van der Waals surface area (Å²) in [7, 11) is 1.76. The molecule has 2 aromatic heterocycles. The van der Waals surface area contributed by atoms with Gasteiger partial charge in [-0.05, 0) is 23.3 Å². The van der Waals surface area contributed by atoms with Crippen molar-refractivity contribution in [3.05, 3.63) is 87.1 Å². The molecule has 0 N–H and O–H groups in total. The lowest BCUT2D eigenvalue weighted by Crippen LogP contribution is -2.38. The van der Waals surface area contributed by atoms with Crippen molar-refractivity contribution in [1.29, 1.82) is 0 Å². The van der Waals surface area contributed by atoms with E-state index in [9.17, 15) is 13.6 Å². The molecular weight excluding hydrogens is 456 g/mol. The quantitative estimate of drug-likeness (QED) is 0.436. The molecule has 2 aromatic carbocycles. The van der Waals surface area contributed by atoms with E-state index in [0.29, 0.717) is 18.2 Å². The van der Waals surface area contributed by atoms with Crippen LogP contribution >= 0.6 is 22.9 Å². The molecule has 0 saturated carbocycles. The predicted octanol–water partition coefficient (Wildman–Crippen LogP) is 4.66. The number of benzene rings is 2. The highest BCUT2D eigenvalue weighted by molar-refractivity contribution is 7.16. The second-order valence-corrected chi connectivity index (χ2v) is 8.82. The van der Waals surface area contributed by atoms with E-state index in [0.717, 1.165) is 40.2 Å². The van der Waals surface area contributed by atoms with Gasteiger partial charge in [-0.25, -0.2) is 8.78 Å². The van der Waals surface area contributed by atoms with Crippen LogP contribution in [0.4, 0.5) is 8.78 Å². The highest BCUT2D eigenvalue weighted by atomic mass is 35.5. The number of rotatable bonds is 3. The first kappa shape index (κ1) is 20.7. The van der Waals surface area contributed by atoms with Gasteiger partial charge in [0.1, 0.15) is 16.8 Å². The van der Waals surface area contributed by atoms with Gasteiger partial charge in [-0.3, -0.25) is 9.48 Å². The van der Waals surface area contributed by atoms with Crippen molar-refractivity contribution in [2.75, 3.05) is 6.54 Å². The van der Waals surface area contributed by atoms with Crippen molar-refractivity contribution in [2.24, 2.45) is 7.05 Å². The minimum Gasteiger partial charge on any atom is -0.331 e. The summed E-state index contributed by atoms with van der Waals surface area (Å²) in [4.78, 5) is 15.0. The van der Waals surface area contributed by atoms with E-state index in [1.807, 2.05) is 24.3 Å². The van der Waals surface area contributed by atoms with Crippen LogP contribution in [0.15, 0.2) is 48.7 Å². The Morgan fingerprint density at radius 2 is 1.97 bits per heavy atom. The second kappa shape index (κ2) is 8.07. The molecular formula is C22H16ClF2N5OS. The van der Waals surface area contributed by atoms with Crippen molar-refractivity contribution in [2.45, 2.75) is 12.5 Å². The minimum atomic E-state index is -0.752. The summed E-state index contributed by atoms with van der Waals surface area (Å²) in [5.74, 6) is -1.89. The number of aromatic nitrogens is 4. The molecule has 4 aromatic rings. The molecule has 10 heteroatoms. The van der Waals surface area contributed by atoms with Crippen LogP contribution < -0.4 is 0 Å². The van der Waals surface area contributed by atoms with E-state index in [1.165, 1.54) is 6.07 Å². The summed E-state index contributed by atoms with van der Waals surface area (Å²) in [5.41, 5.74) is 3.04. The topological polar surface area (TPSA) is 63.9 Å². The van der Waals surface area contributed by atoms with E-state index in [1.54, 1.807) is 22.8 Å². The second-order valence-electron chi connectivity index (χ2n) is 7.49. The number of hydrogen-bond donors (Lipinski definition) is 0. The van der Waals surface area contributed by atoms with Crippen LogP contribution in [0.3, 0.4) is 0 Å². The van der Waals surface area contributed by atoms with Crippen LogP contribution in [-0.4, -0.2) is 37.3 Å². The lowest BCUT2D eigenvalue weighted by atomic mass is 9.86. The molecule has 0 spiro atoms. The Balaban J connectivity index is 1.47. The van der Waals surface area contributed by atoms with Gasteiger partial charge in [0.05, 0.1) is 6.20 Å². The molecule has 0 saturated heterocycles. The first-order chi connectivity index (χ1) is 15.4. The first-order valence-corrected chi connectivity index (χ1v) is 10.9. The highest BCUT2D eigenvalue weighted by Crippen LogP contribution is 2.37. The molecule has 0 fully saturated rings. The smallest absolute Gasteiger partial charge is 0.285 e. The third-order valence-electron chi connectivity index (χ3n) is 5.52. The molecule has 1 amide bonds. The third-order valence-corrected chi connectivity index (χ3v) is 6.93. The molecule has 32 heavy (non-hydrogen) atoms. The van der Waals surface area contributed by atoms with Crippen LogP contribution in [0.2, 0.25) is 5.15 Å². The van der Waals surface area contributed by atoms with Crippen LogP contribution in [0.1, 0.15) is 32.4 Å². The van der Waals surface area contributed by atoms with E-state index in [2.05, 4.69) is 15.3 Å². The maximum absolute atomic E-state index is 14.1. The number of aryl methyl sites for hydroxylation is 1. The zero-order chi connectivity index (χ0) is 22.4. The average Bonchev–Trinajstić information content (AvgIpc) is 3.40. The number of fused-ring (bicyclic) bond motifs is 1. The number of amides is 1. The fourth-order valence-corrected chi connectivity index (χ4v) is 4.98. The molecule has 0 aliphatic carbocycles. The minimum absolute atomic E-state index is 0.104. The van der Waals surface area contributed by atoms with Gasteiger partial charge in [0.15, 0.2) is 5.01 Å². The van der Waals surface area contributed by atoms with Crippen LogP contribution in [0.25, 0.3) is 10.6 Å². The summed E-state index contributed by atoms with van der Waals surface area (Å²) >= 11 is 7.44. The van der Waals surface area contributed by atoms with Gasteiger partial charge < -0.3 is 4.90 Å². The van der Waals surface area contributed by atoms with Crippen LogP contribution in [-0.2, 0) is 13.6 Å². The molecule has 1 unspecified atom stereocenters. The molecule has 162 valence electrons. The maximum Gasteiger partial charge on any atom is 0.285 e. The molecule has 3 heterocycles. The van der Waals surface area contributed by atoms with E-state index < -0.39 is 11.6 Å². The molecule has 1 atom stereocenters. The Labute approximate surface area is 191 Å². The SMILES string of the molecule is Cn1ncc(C2CN(C(=O)c3nnc(-c4ccc(F)cc4F)s3)Cc3ccccc32)c1Cl. The molecule has 0 radical (unpaired) electrons. The van der Waals surface area contributed by atoms with Gasteiger partial charge in [-0.15, -0.1) is 10.2 Å². The summed E-state index contributed by atoms with van der Waals surface area (Å²) in [5, 5.41) is 13.1. The summed E-state index contributed by atoms with van der Waals surface area (Å²) < 4.78 is 28.9. The number of carbonyl (C=O) groups excluding carboxylic acids is 1. The van der Waals surface area contributed by atoms with E-state index in [4.69, 9.17) is 11.6 Å². The fourth-order valence-electron chi connectivity index (χ4n) is 3.92. The Bertz CT molecular complexity index is 1340. The van der Waals surface area contributed by atoms with Crippen molar-refractivity contribution in [1.82, 2.24) is 24.9 Å². The van der Waals surface area contributed by atoms with E-state index >= 15 is 0 Å². The maximum atomic E-state index is 14.1. The van der Waals surface area contributed by atoms with Crippen molar-refractivity contribution >= 4 is 28.8 Å². The Hall–Kier alpha value is -3.17. The Morgan fingerprint density at radius 1 is 1.16 bits per heavy atom. The zero-order valence-corrected chi connectivity index (χ0v) is 18.4. The van der Waals surface area contributed by atoms with Gasteiger partial charge in [-0.1, -0.05) is 47.2 Å². The largest absolute Gasteiger partial charge is 0.331 e. The van der Waals surface area contributed by atoms with Gasteiger partial charge in [0.25, 0.3) is 5.91 Å². The van der Waals surface area contributed by atoms with Crippen molar-refractivity contribution in [3.63, 3.8) is 0 Å². The van der Waals surface area contributed by atoms with Crippen molar-refractivity contribution in [3.8, 4) is 10.6 Å².